The summed E-state index contributed by atoms with van der Waals surface area (Å²) >= 11 is 0. The maximum atomic E-state index is 5.52. The molecule has 0 aliphatic carbocycles. The van der Waals surface area contributed by atoms with Crippen LogP contribution in [0.2, 0.25) is 0 Å². The number of nitrogens with zero attached hydrogens (tertiary/aromatic N) is 3. The second-order valence-corrected chi connectivity index (χ2v) is 3.90. The molecule has 6 nitrogen and oxygen atoms in total. The molecule has 0 radical (unpaired) electrons. The van der Waals surface area contributed by atoms with Crippen LogP contribution in [0, 0.1) is 6.92 Å². The predicted molar refractivity (Wildman–Crippen MR) is 65.2 cm³/mol. The van der Waals surface area contributed by atoms with Gasteiger partial charge in [0.25, 0.3) is 6.01 Å². The van der Waals surface area contributed by atoms with Crippen LogP contribution in [0.15, 0.2) is 33.2 Å². The molecule has 1 N–H and O–H groups in total. The summed E-state index contributed by atoms with van der Waals surface area (Å²) in [5.74, 6) is 1.25. The first-order valence-corrected chi connectivity index (χ1v) is 5.70. The van der Waals surface area contributed by atoms with Gasteiger partial charge in [-0.3, -0.25) is 0 Å². The van der Waals surface area contributed by atoms with Gasteiger partial charge >= 0.3 is 0 Å². The molecule has 92 valence electrons. The fraction of sp³-hybridized carbons (Fsp3) is 0.250. The fourth-order valence-corrected chi connectivity index (χ4v) is 1.67. The average Bonchev–Trinajstić information content (AvgIpc) is 2.95. The highest BCUT2D eigenvalue weighted by Gasteiger charge is 2.05. The number of aromatic nitrogens is 3. The Labute approximate surface area is 103 Å². The van der Waals surface area contributed by atoms with E-state index in [0.717, 1.165) is 11.1 Å². The SMILES string of the molecule is Cc1noc(CCNc2nc3ccccc3o2)n1. The van der Waals surface area contributed by atoms with Crippen LogP contribution < -0.4 is 5.32 Å². The fourth-order valence-electron chi connectivity index (χ4n) is 1.67. The Morgan fingerprint density at radius 1 is 1.22 bits per heavy atom. The molecule has 0 spiro atoms. The van der Waals surface area contributed by atoms with Crippen molar-refractivity contribution in [3.8, 4) is 0 Å². The van der Waals surface area contributed by atoms with E-state index in [1.165, 1.54) is 0 Å². The Morgan fingerprint density at radius 2 is 2.11 bits per heavy atom. The number of aryl methyl sites for hydroxylation is 1. The van der Waals surface area contributed by atoms with Gasteiger partial charge < -0.3 is 14.3 Å². The Kier molecular flexibility index (Phi) is 2.68. The van der Waals surface area contributed by atoms with Crippen LogP contribution in [0.25, 0.3) is 11.1 Å². The molecule has 0 aliphatic rings. The molecule has 0 atom stereocenters. The van der Waals surface area contributed by atoms with Gasteiger partial charge in [-0.1, -0.05) is 17.3 Å². The molecule has 2 aromatic heterocycles. The van der Waals surface area contributed by atoms with E-state index in [4.69, 9.17) is 8.94 Å². The maximum absolute atomic E-state index is 5.52. The topological polar surface area (TPSA) is 77.0 Å². The molecule has 0 fully saturated rings. The summed E-state index contributed by atoms with van der Waals surface area (Å²) in [6.07, 6.45) is 0.638. The quantitative estimate of drug-likeness (QED) is 0.757. The van der Waals surface area contributed by atoms with Crippen molar-refractivity contribution in [1.82, 2.24) is 15.1 Å². The van der Waals surface area contributed by atoms with Crippen LogP contribution in [0.4, 0.5) is 6.01 Å². The Morgan fingerprint density at radius 3 is 2.89 bits per heavy atom. The third-order valence-corrected chi connectivity index (χ3v) is 2.48. The lowest BCUT2D eigenvalue weighted by Crippen LogP contribution is -2.05. The molecule has 0 aliphatic heterocycles. The summed E-state index contributed by atoms with van der Waals surface area (Å²) in [6, 6.07) is 8.14. The smallest absolute Gasteiger partial charge is 0.295 e. The van der Waals surface area contributed by atoms with Crippen molar-refractivity contribution in [2.24, 2.45) is 0 Å². The predicted octanol–water partition coefficient (Wildman–Crippen LogP) is 2.17. The highest BCUT2D eigenvalue weighted by molar-refractivity contribution is 5.74. The largest absolute Gasteiger partial charge is 0.424 e. The summed E-state index contributed by atoms with van der Waals surface area (Å²) in [5.41, 5.74) is 1.61. The lowest BCUT2D eigenvalue weighted by Gasteiger charge is -1.96. The van der Waals surface area contributed by atoms with Gasteiger partial charge in [0.15, 0.2) is 11.4 Å². The summed E-state index contributed by atoms with van der Waals surface area (Å²) in [4.78, 5) is 8.42. The monoisotopic (exact) mass is 244 g/mol. The average molecular weight is 244 g/mol. The number of hydrogen-bond donors (Lipinski definition) is 1. The molecule has 1 aromatic carbocycles. The summed E-state index contributed by atoms with van der Waals surface area (Å²) < 4.78 is 10.5. The number of anilines is 1. The Balaban J connectivity index is 1.62. The van der Waals surface area contributed by atoms with Gasteiger partial charge in [-0.15, -0.1) is 0 Å². The lowest BCUT2D eigenvalue weighted by atomic mass is 10.3. The number of oxazole rings is 1. The van der Waals surface area contributed by atoms with E-state index in [-0.39, 0.29) is 0 Å². The second kappa shape index (κ2) is 4.48. The van der Waals surface area contributed by atoms with Gasteiger partial charge in [0, 0.05) is 13.0 Å². The number of para-hydroxylation sites is 2. The van der Waals surface area contributed by atoms with Crippen LogP contribution >= 0.6 is 0 Å². The molecule has 18 heavy (non-hydrogen) atoms. The van der Waals surface area contributed by atoms with Gasteiger partial charge in [0.2, 0.25) is 5.89 Å². The van der Waals surface area contributed by atoms with Crippen molar-refractivity contribution in [3.05, 3.63) is 36.0 Å². The van der Waals surface area contributed by atoms with Crippen LogP contribution in [-0.2, 0) is 6.42 Å². The molecule has 6 heteroatoms. The van der Waals surface area contributed by atoms with Gasteiger partial charge in [0.05, 0.1) is 0 Å². The third-order valence-electron chi connectivity index (χ3n) is 2.48. The maximum Gasteiger partial charge on any atom is 0.295 e. The van der Waals surface area contributed by atoms with E-state index in [2.05, 4.69) is 20.4 Å². The zero-order valence-corrected chi connectivity index (χ0v) is 9.88. The molecule has 0 bridgehead atoms. The Bertz CT molecular complexity index is 626. The molecular weight excluding hydrogens is 232 g/mol. The number of rotatable bonds is 4. The number of nitrogens with one attached hydrogen (secondary N) is 1. The minimum absolute atomic E-state index is 0.507. The number of fused-ring (bicyclic) bond motifs is 1. The van der Waals surface area contributed by atoms with E-state index in [1.54, 1.807) is 6.92 Å². The lowest BCUT2D eigenvalue weighted by molar-refractivity contribution is 0.376. The third kappa shape index (κ3) is 2.17. The standard InChI is InChI=1S/C12H12N4O2/c1-8-14-11(18-16-8)6-7-13-12-15-9-4-2-3-5-10(9)17-12/h2-5H,6-7H2,1H3,(H,13,15). The first kappa shape index (κ1) is 10.8. The minimum atomic E-state index is 0.507. The molecule has 0 saturated heterocycles. The van der Waals surface area contributed by atoms with E-state index >= 15 is 0 Å². The molecule has 0 saturated carbocycles. The summed E-state index contributed by atoms with van der Waals surface area (Å²) in [6.45, 7) is 2.43. The van der Waals surface area contributed by atoms with Crippen molar-refractivity contribution in [2.75, 3.05) is 11.9 Å². The van der Waals surface area contributed by atoms with Crippen LogP contribution in [0.1, 0.15) is 11.7 Å². The molecular formula is C12H12N4O2. The van der Waals surface area contributed by atoms with E-state index in [9.17, 15) is 0 Å². The van der Waals surface area contributed by atoms with E-state index < -0.39 is 0 Å². The van der Waals surface area contributed by atoms with Crippen LogP contribution in [-0.4, -0.2) is 21.7 Å². The number of hydrogen-bond acceptors (Lipinski definition) is 6. The van der Waals surface area contributed by atoms with Gasteiger partial charge in [-0.05, 0) is 19.1 Å². The molecule has 2 heterocycles. The van der Waals surface area contributed by atoms with Crippen molar-refractivity contribution < 1.29 is 8.94 Å². The van der Waals surface area contributed by atoms with Crippen molar-refractivity contribution in [3.63, 3.8) is 0 Å². The zero-order valence-electron chi connectivity index (χ0n) is 9.88. The zero-order chi connectivity index (χ0) is 12.4. The van der Waals surface area contributed by atoms with Crippen molar-refractivity contribution in [1.29, 1.82) is 0 Å². The first-order chi connectivity index (χ1) is 8.81. The van der Waals surface area contributed by atoms with Gasteiger partial charge in [0.1, 0.15) is 5.52 Å². The van der Waals surface area contributed by atoms with Gasteiger partial charge in [-0.2, -0.15) is 9.97 Å². The van der Waals surface area contributed by atoms with Crippen molar-refractivity contribution >= 4 is 17.1 Å². The highest BCUT2D eigenvalue weighted by Crippen LogP contribution is 2.17. The first-order valence-electron chi connectivity index (χ1n) is 5.70. The second-order valence-electron chi connectivity index (χ2n) is 3.90. The molecule has 3 rings (SSSR count). The number of benzene rings is 1. The van der Waals surface area contributed by atoms with Crippen molar-refractivity contribution in [2.45, 2.75) is 13.3 Å². The molecule has 0 amide bonds. The summed E-state index contributed by atoms with van der Waals surface area (Å²) in [7, 11) is 0. The van der Waals surface area contributed by atoms with E-state index in [0.29, 0.717) is 30.7 Å². The molecule has 3 aromatic rings. The van der Waals surface area contributed by atoms with Crippen LogP contribution in [0.5, 0.6) is 0 Å². The Hall–Kier alpha value is -2.37. The van der Waals surface area contributed by atoms with Crippen LogP contribution in [0.3, 0.4) is 0 Å². The minimum Gasteiger partial charge on any atom is -0.424 e. The summed E-state index contributed by atoms with van der Waals surface area (Å²) in [5, 5.41) is 6.81. The molecule has 0 unspecified atom stereocenters. The van der Waals surface area contributed by atoms with Gasteiger partial charge in [-0.25, -0.2) is 0 Å². The normalized spacial score (nSPS) is 10.9. The highest BCUT2D eigenvalue weighted by atomic mass is 16.5. The van der Waals surface area contributed by atoms with E-state index in [1.807, 2.05) is 24.3 Å².